The summed E-state index contributed by atoms with van der Waals surface area (Å²) in [6.07, 6.45) is 8.58. The minimum Gasteiger partial charge on any atom is -0.415 e. The number of carbonyl (C=O) groups is 1. The van der Waals surface area contributed by atoms with E-state index in [1.165, 1.54) is 6.42 Å². The lowest BCUT2D eigenvalue weighted by molar-refractivity contribution is -0.166. The van der Waals surface area contributed by atoms with E-state index in [1.807, 2.05) is 0 Å². The lowest BCUT2D eigenvalue weighted by atomic mass is 9.44. The number of hydrogen-bond donors (Lipinski definition) is 0. The number of fused-ring (bicyclic) bond motifs is 5. The number of Topliss-reactive ketones (excluding diaryl/α,β-unsaturated/α-hetero) is 1. The Bertz CT molecular complexity index is 985. The molecule has 0 radical (unpaired) electrons. The predicted molar refractivity (Wildman–Crippen MR) is 171 cm³/mol. The van der Waals surface area contributed by atoms with Crippen molar-refractivity contribution < 1.29 is 22.9 Å². The van der Waals surface area contributed by atoms with Gasteiger partial charge in [-0.05, 0) is 127 Å². The Hall–Kier alpha value is -0.329. The fourth-order valence-corrected chi connectivity index (χ4v) is 12.7. The molecule has 230 valence electrons. The zero-order valence-electron chi connectivity index (χ0n) is 27.7. The van der Waals surface area contributed by atoms with Crippen LogP contribution in [0.15, 0.2) is 5.16 Å². The maximum atomic E-state index is 14.5. The van der Waals surface area contributed by atoms with Gasteiger partial charge in [0.2, 0.25) is 0 Å². The summed E-state index contributed by atoms with van der Waals surface area (Å²) in [7, 11) is -3.79. The highest BCUT2D eigenvalue weighted by Gasteiger charge is 2.70. The first kappa shape index (κ1) is 32.6. The monoisotopic (exact) mass is 609 g/mol. The van der Waals surface area contributed by atoms with Gasteiger partial charge in [0.05, 0.1) is 6.61 Å². The van der Waals surface area contributed by atoms with Gasteiger partial charge in [0.1, 0.15) is 24.2 Å². The fourth-order valence-electron chi connectivity index (χ4n) is 9.46. The molecule has 0 bridgehead atoms. The number of carbonyl (C=O) groups excluding carboxylic acids is 1. The van der Waals surface area contributed by atoms with E-state index in [1.54, 1.807) is 7.11 Å². The minimum atomic E-state index is -2.02. The van der Waals surface area contributed by atoms with Crippen molar-refractivity contribution in [1.82, 2.24) is 0 Å². The second-order valence-corrected chi connectivity index (χ2v) is 30.3. The van der Waals surface area contributed by atoms with Gasteiger partial charge in [-0.2, -0.15) is 0 Å². The Balaban J connectivity index is 1.68. The van der Waals surface area contributed by atoms with Gasteiger partial charge in [-0.15, -0.1) is 0 Å². The van der Waals surface area contributed by atoms with Gasteiger partial charge in [-0.25, -0.2) is 0 Å². The van der Waals surface area contributed by atoms with Crippen LogP contribution in [0.25, 0.3) is 0 Å². The summed E-state index contributed by atoms with van der Waals surface area (Å²) in [5.41, 5.74) is 0.00195. The molecule has 4 fully saturated rings. The van der Waals surface area contributed by atoms with Gasteiger partial charge in [-0.3, -0.25) is 4.79 Å². The maximum absolute atomic E-state index is 14.5. The first-order valence-electron chi connectivity index (χ1n) is 15.9. The fraction of sp³-hybridized carbons (Fsp3) is 0.935. The highest BCUT2D eigenvalue weighted by molar-refractivity contribution is 6.70. The van der Waals surface area contributed by atoms with Crippen LogP contribution in [0.1, 0.15) is 65.2 Å². The molecule has 8 atom stereocenters. The zero-order chi connectivity index (χ0) is 29.9. The van der Waals surface area contributed by atoms with E-state index in [2.05, 4.69) is 77.9 Å². The number of ketones is 1. The van der Waals surface area contributed by atoms with Gasteiger partial charge in [0.25, 0.3) is 0 Å². The molecule has 0 aromatic heterocycles. The third-order valence-corrected chi connectivity index (χ3v) is 13.7. The third-order valence-electron chi connectivity index (χ3n) is 10.7. The van der Waals surface area contributed by atoms with Crippen molar-refractivity contribution in [2.24, 2.45) is 39.7 Å². The molecule has 9 heteroatoms. The second kappa shape index (κ2) is 11.0. The zero-order valence-corrected chi connectivity index (χ0v) is 30.7. The third kappa shape index (κ3) is 6.16. The van der Waals surface area contributed by atoms with E-state index in [4.69, 9.17) is 18.1 Å². The summed E-state index contributed by atoms with van der Waals surface area (Å²) >= 11 is 0. The molecule has 0 heterocycles. The molecule has 0 spiro atoms. The van der Waals surface area contributed by atoms with Crippen LogP contribution in [0.3, 0.4) is 0 Å². The molecule has 40 heavy (non-hydrogen) atoms. The standard InChI is InChI=1S/C31H59NO5Si3/c1-29-17-15-23(36-39(7,8)9)19-22(29)13-14-24-25-16-18-31(37-40(10,11)12,30(25,2)20-26(33)28(24)29)27(32-34-3)21-35-38(4,5)6/h22-25,28H,13-21H2,1-12H3/b32-27+. The smallest absolute Gasteiger partial charge is 0.185 e. The van der Waals surface area contributed by atoms with Crippen molar-refractivity contribution >= 4 is 36.4 Å². The highest BCUT2D eigenvalue weighted by Crippen LogP contribution is 2.68. The van der Waals surface area contributed by atoms with E-state index in [-0.39, 0.29) is 16.7 Å². The topological polar surface area (TPSA) is 66.3 Å². The van der Waals surface area contributed by atoms with Gasteiger partial charge in [-0.1, -0.05) is 19.0 Å². The number of hydrogen-bond acceptors (Lipinski definition) is 6. The van der Waals surface area contributed by atoms with E-state index < -0.39 is 30.6 Å². The Morgan fingerprint density at radius 1 is 0.900 bits per heavy atom. The van der Waals surface area contributed by atoms with Crippen molar-refractivity contribution in [2.75, 3.05) is 13.7 Å². The van der Waals surface area contributed by atoms with Crippen molar-refractivity contribution in [2.45, 2.75) is 136 Å². The summed E-state index contributed by atoms with van der Waals surface area (Å²) in [4.78, 5) is 20.0. The van der Waals surface area contributed by atoms with Gasteiger partial charge in [0, 0.05) is 23.9 Å². The molecule has 0 N–H and O–H groups in total. The molecule has 4 rings (SSSR count). The molecule has 0 amide bonds. The first-order chi connectivity index (χ1) is 18.2. The minimum absolute atomic E-state index is 0.0793. The largest absolute Gasteiger partial charge is 0.415 e. The molecule has 4 aliphatic carbocycles. The quantitative estimate of drug-likeness (QED) is 0.151. The van der Waals surface area contributed by atoms with Crippen molar-refractivity contribution in [1.29, 1.82) is 0 Å². The Kier molecular flexibility index (Phi) is 8.95. The molecular weight excluding hydrogens is 551 g/mol. The summed E-state index contributed by atoms with van der Waals surface area (Å²) in [5, 5.41) is 4.64. The maximum Gasteiger partial charge on any atom is 0.185 e. The number of rotatable bonds is 9. The van der Waals surface area contributed by atoms with Crippen molar-refractivity contribution in [3.8, 4) is 0 Å². The van der Waals surface area contributed by atoms with Crippen LogP contribution in [0.2, 0.25) is 58.9 Å². The summed E-state index contributed by atoms with van der Waals surface area (Å²) < 4.78 is 20.3. The van der Waals surface area contributed by atoms with E-state index in [0.29, 0.717) is 42.7 Å². The molecule has 0 aromatic carbocycles. The number of nitrogens with zero attached hydrogens (tertiary/aromatic N) is 1. The molecule has 0 aliphatic heterocycles. The lowest BCUT2D eigenvalue weighted by Crippen LogP contribution is -2.64. The Labute approximate surface area is 248 Å². The van der Waals surface area contributed by atoms with Crippen LogP contribution >= 0.6 is 0 Å². The Morgan fingerprint density at radius 3 is 2.15 bits per heavy atom. The molecule has 6 nitrogen and oxygen atoms in total. The van der Waals surface area contributed by atoms with Crippen molar-refractivity contribution in [3.05, 3.63) is 0 Å². The van der Waals surface area contributed by atoms with Gasteiger partial charge in [0.15, 0.2) is 25.0 Å². The van der Waals surface area contributed by atoms with Gasteiger partial charge < -0.3 is 18.1 Å². The average molecular weight is 610 g/mol. The first-order valence-corrected chi connectivity index (χ1v) is 26.1. The lowest BCUT2D eigenvalue weighted by Gasteiger charge is -2.61. The second-order valence-electron chi connectivity index (χ2n) is 16.9. The van der Waals surface area contributed by atoms with Crippen LogP contribution in [0.4, 0.5) is 0 Å². The van der Waals surface area contributed by atoms with E-state index >= 15 is 0 Å². The SMILES string of the molecule is CO/N=C(\CO[Si](C)(C)C)C1(O[Si](C)(C)C)CCC2C3CCC4CC(O[Si](C)(C)C)CCC4(C)C3C(=O)CC21C. The Morgan fingerprint density at radius 2 is 1.57 bits per heavy atom. The van der Waals surface area contributed by atoms with Crippen LogP contribution in [0.5, 0.6) is 0 Å². The number of oxime groups is 1. The summed E-state index contributed by atoms with van der Waals surface area (Å²) in [6.45, 7) is 25.5. The molecular formula is C31H59NO5Si3. The molecule has 0 aromatic rings. The van der Waals surface area contributed by atoms with Crippen molar-refractivity contribution in [3.63, 3.8) is 0 Å². The van der Waals surface area contributed by atoms with Crippen LogP contribution in [-0.4, -0.2) is 61.9 Å². The predicted octanol–water partition coefficient (Wildman–Crippen LogP) is 7.87. The normalized spacial score (nSPS) is 40.9. The van der Waals surface area contributed by atoms with E-state index in [9.17, 15) is 4.79 Å². The highest BCUT2D eigenvalue weighted by atomic mass is 28.4. The molecule has 4 aliphatic rings. The van der Waals surface area contributed by atoms with Crippen LogP contribution < -0.4 is 0 Å². The summed E-state index contributed by atoms with van der Waals surface area (Å²) in [5.74, 6) is 2.05. The molecule has 4 saturated carbocycles. The average Bonchev–Trinajstić information content (AvgIpc) is 3.05. The summed E-state index contributed by atoms with van der Waals surface area (Å²) in [6, 6.07) is 0. The van der Waals surface area contributed by atoms with Crippen LogP contribution in [-0.2, 0) is 22.9 Å². The van der Waals surface area contributed by atoms with Gasteiger partial charge >= 0.3 is 0 Å². The molecule has 8 unspecified atom stereocenters. The molecule has 0 saturated heterocycles. The van der Waals surface area contributed by atoms with E-state index in [0.717, 1.165) is 44.2 Å². The van der Waals surface area contributed by atoms with Crippen LogP contribution in [0, 0.1) is 34.5 Å².